The Morgan fingerprint density at radius 3 is 2.43 bits per heavy atom. The van der Waals surface area contributed by atoms with Gasteiger partial charge in [0, 0.05) is 0 Å². The minimum atomic E-state index is -0.685. The predicted molar refractivity (Wildman–Crippen MR) is 99.8 cm³/mol. The molecule has 3 rings (SSSR count). The standard InChI is InChI=1S/C21H22FNO5/c1-13(2)20(15-5-8-17-18(11-15)27-10-9-26-17)23-19(24)12-28-21(25)14-3-6-16(22)7-4-14/h3-8,11,13,20H,9-10,12H2,1-2H3,(H,23,24)/t20-/m0/s1. The van der Waals surface area contributed by atoms with Crippen LogP contribution < -0.4 is 14.8 Å². The second kappa shape index (κ2) is 8.73. The van der Waals surface area contributed by atoms with Crippen molar-refractivity contribution in [2.45, 2.75) is 19.9 Å². The summed E-state index contributed by atoms with van der Waals surface area (Å²) in [5, 5.41) is 2.88. The van der Waals surface area contributed by atoms with E-state index in [-0.39, 0.29) is 17.5 Å². The highest BCUT2D eigenvalue weighted by molar-refractivity contribution is 5.91. The van der Waals surface area contributed by atoms with Crippen molar-refractivity contribution in [3.8, 4) is 11.5 Å². The number of amides is 1. The van der Waals surface area contributed by atoms with Crippen LogP contribution in [0.2, 0.25) is 0 Å². The molecule has 7 heteroatoms. The van der Waals surface area contributed by atoms with Gasteiger partial charge < -0.3 is 19.5 Å². The summed E-state index contributed by atoms with van der Waals surface area (Å²) < 4.78 is 29.1. The molecule has 1 N–H and O–H groups in total. The maximum Gasteiger partial charge on any atom is 0.338 e. The lowest BCUT2D eigenvalue weighted by atomic mass is 9.95. The quantitative estimate of drug-likeness (QED) is 0.770. The lowest BCUT2D eigenvalue weighted by Crippen LogP contribution is -2.35. The normalized spacial score (nSPS) is 13.7. The molecule has 0 spiro atoms. The van der Waals surface area contributed by atoms with Crippen molar-refractivity contribution in [2.24, 2.45) is 5.92 Å². The molecule has 2 aromatic rings. The average Bonchev–Trinajstić information content (AvgIpc) is 2.70. The van der Waals surface area contributed by atoms with Crippen molar-refractivity contribution in [1.29, 1.82) is 0 Å². The molecule has 1 aliphatic rings. The van der Waals surface area contributed by atoms with E-state index in [0.717, 1.165) is 17.7 Å². The zero-order valence-electron chi connectivity index (χ0n) is 15.7. The molecule has 0 saturated carbocycles. The van der Waals surface area contributed by atoms with Crippen LogP contribution in [-0.2, 0) is 9.53 Å². The Morgan fingerprint density at radius 2 is 1.75 bits per heavy atom. The third kappa shape index (κ3) is 4.79. The largest absolute Gasteiger partial charge is 0.486 e. The topological polar surface area (TPSA) is 73.9 Å². The number of carbonyl (C=O) groups is 2. The van der Waals surface area contributed by atoms with Gasteiger partial charge in [0.05, 0.1) is 11.6 Å². The number of ether oxygens (including phenoxy) is 3. The zero-order valence-corrected chi connectivity index (χ0v) is 15.7. The first kappa shape index (κ1) is 19.7. The second-order valence-electron chi connectivity index (χ2n) is 6.78. The Labute approximate surface area is 162 Å². The molecular formula is C21H22FNO5. The highest BCUT2D eigenvalue weighted by Crippen LogP contribution is 2.34. The lowest BCUT2D eigenvalue weighted by molar-refractivity contribution is -0.125. The van der Waals surface area contributed by atoms with Crippen molar-refractivity contribution in [1.82, 2.24) is 5.32 Å². The van der Waals surface area contributed by atoms with E-state index in [2.05, 4.69) is 5.32 Å². The van der Waals surface area contributed by atoms with Crippen molar-refractivity contribution in [2.75, 3.05) is 19.8 Å². The first-order valence-electron chi connectivity index (χ1n) is 9.05. The van der Waals surface area contributed by atoms with Crippen LogP contribution in [0, 0.1) is 11.7 Å². The predicted octanol–water partition coefficient (Wildman–Crippen LogP) is 3.27. The molecule has 2 aromatic carbocycles. The van der Waals surface area contributed by atoms with Crippen LogP contribution in [0.3, 0.4) is 0 Å². The Balaban J connectivity index is 1.61. The number of hydrogen-bond acceptors (Lipinski definition) is 5. The van der Waals surface area contributed by atoms with Gasteiger partial charge in [-0.15, -0.1) is 0 Å². The van der Waals surface area contributed by atoms with Gasteiger partial charge in [-0.2, -0.15) is 0 Å². The number of hydrogen-bond donors (Lipinski definition) is 1. The van der Waals surface area contributed by atoms with Gasteiger partial charge in [-0.05, 0) is 47.9 Å². The molecule has 0 aliphatic carbocycles. The van der Waals surface area contributed by atoms with Crippen LogP contribution in [0.5, 0.6) is 11.5 Å². The molecule has 0 aromatic heterocycles. The summed E-state index contributed by atoms with van der Waals surface area (Å²) in [6.07, 6.45) is 0. The number of benzene rings is 2. The third-order valence-corrected chi connectivity index (χ3v) is 4.32. The van der Waals surface area contributed by atoms with E-state index in [4.69, 9.17) is 14.2 Å². The molecule has 28 heavy (non-hydrogen) atoms. The molecule has 0 bridgehead atoms. The highest BCUT2D eigenvalue weighted by Gasteiger charge is 2.22. The van der Waals surface area contributed by atoms with Crippen LogP contribution in [-0.4, -0.2) is 31.7 Å². The Bertz CT molecular complexity index is 850. The summed E-state index contributed by atoms with van der Waals surface area (Å²) in [5.74, 6) is -0.143. The fourth-order valence-corrected chi connectivity index (χ4v) is 2.90. The van der Waals surface area contributed by atoms with E-state index in [0.29, 0.717) is 24.7 Å². The van der Waals surface area contributed by atoms with Gasteiger partial charge in [0.25, 0.3) is 5.91 Å². The van der Waals surface area contributed by atoms with E-state index >= 15 is 0 Å². The third-order valence-electron chi connectivity index (χ3n) is 4.32. The van der Waals surface area contributed by atoms with E-state index < -0.39 is 24.3 Å². The van der Waals surface area contributed by atoms with E-state index in [1.807, 2.05) is 32.0 Å². The van der Waals surface area contributed by atoms with Gasteiger partial charge in [-0.25, -0.2) is 9.18 Å². The van der Waals surface area contributed by atoms with Crippen LogP contribution in [0.15, 0.2) is 42.5 Å². The summed E-state index contributed by atoms with van der Waals surface area (Å²) in [4.78, 5) is 24.3. The Morgan fingerprint density at radius 1 is 1.07 bits per heavy atom. The molecule has 1 atom stereocenters. The summed E-state index contributed by atoms with van der Waals surface area (Å²) in [6, 6.07) is 10.2. The van der Waals surface area contributed by atoms with Gasteiger partial charge in [0.15, 0.2) is 18.1 Å². The van der Waals surface area contributed by atoms with Gasteiger partial charge in [-0.1, -0.05) is 19.9 Å². The highest BCUT2D eigenvalue weighted by atomic mass is 19.1. The molecule has 1 heterocycles. The van der Waals surface area contributed by atoms with Crippen LogP contribution in [0.25, 0.3) is 0 Å². The Hall–Kier alpha value is -3.09. The number of esters is 1. The monoisotopic (exact) mass is 387 g/mol. The lowest BCUT2D eigenvalue weighted by Gasteiger charge is -2.25. The zero-order chi connectivity index (χ0) is 20.1. The van der Waals surface area contributed by atoms with Gasteiger partial charge in [0.1, 0.15) is 19.0 Å². The molecule has 0 fully saturated rings. The molecule has 0 saturated heterocycles. The average molecular weight is 387 g/mol. The summed E-state index contributed by atoms with van der Waals surface area (Å²) in [7, 11) is 0. The van der Waals surface area contributed by atoms with Crippen LogP contribution >= 0.6 is 0 Å². The first-order chi connectivity index (χ1) is 13.4. The van der Waals surface area contributed by atoms with Crippen LogP contribution in [0.1, 0.15) is 35.8 Å². The van der Waals surface area contributed by atoms with Crippen molar-refractivity contribution in [3.63, 3.8) is 0 Å². The van der Waals surface area contributed by atoms with Crippen LogP contribution in [0.4, 0.5) is 4.39 Å². The molecule has 1 amide bonds. The number of carbonyl (C=O) groups excluding carboxylic acids is 2. The first-order valence-corrected chi connectivity index (χ1v) is 9.05. The maximum absolute atomic E-state index is 12.9. The van der Waals surface area contributed by atoms with Crippen molar-refractivity contribution >= 4 is 11.9 Å². The van der Waals surface area contributed by atoms with E-state index in [9.17, 15) is 14.0 Å². The molecule has 0 radical (unpaired) electrons. The molecule has 1 aliphatic heterocycles. The minimum Gasteiger partial charge on any atom is -0.486 e. The van der Waals surface area contributed by atoms with Gasteiger partial charge in [0.2, 0.25) is 0 Å². The van der Waals surface area contributed by atoms with Crippen molar-refractivity contribution in [3.05, 3.63) is 59.4 Å². The van der Waals surface area contributed by atoms with E-state index in [1.165, 1.54) is 12.1 Å². The fourth-order valence-electron chi connectivity index (χ4n) is 2.90. The SMILES string of the molecule is CC(C)[C@H](NC(=O)COC(=O)c1ccc(F)cc1)c1ccc2c(c1)OCCO2. The summed E-state index contributed by atoms with van der Waals surface area (Å²) in [6.45, 7) is 4.52. The molecule has 148 valence electrons. The maximum atomic E-state index is 12.9. The second-order valence-corrected chi connectivity index (χ2v) is 6.78. The minimum absolute atomic E-state index is 0.0966. The Kier molecular flexibility index (Phi) is 6.13. The molecular weight excluding hydrogens is 365 g/mol. The van der Waals surface area contributed by atoms with E-state index in [1.54, 1.807) is 0 Å². The smallest absolute Gasteiger partial charge is 0.338 e. The number of fused-ring (bicyclic) bond motifs is 1. The molecule has 6 nitrogen and oxygen atoms in total. The summed E-state index contributed by atoms with van der Waals surface area (Å²) in [5.41, 5.74) is 1.05. The summed E-state index contributed by atoms with van der Waals surface area (Å²) >= 11 is 0. The van der Waals surface area contributed by atoms with Gasteiger partial charge >= 0.3 is 5.97 Å². The number of halogens is 1. The number of rotatable bonds is 6. The fraction of sp³-hybridized carbons (Fsp3) is 0.333. The molecule has 0 unspecified atom stereocenters. The van der Waals surface area contributed by atoms with Crippen molar-refractivity contribution < 1.29 is 28.2 Å². The number of nitrogens with one attached hydrogen (secondary N) is 1. The van der Waals surface area contributed by atoms with Gasteiger partial charge in [-0.3, -0.25) is 4.79 Å².